The molecule has 0 aromatic heterocycles. The van der Waals surface area contributed by atoms with Gasteiger partial charge in [-0.25, -0.2) is 5.32 Å². The van der Waals surface area contributed by atoms with Crippen molar-refractivity contribution in [2.45, 2.75) is 6.10 Å². The fraction of sp³-hybridized carbons (Fsp3) is 1.00. The smallest absolute Gasteiger partial charge is 0.402 e. The van der Waals surface area contributed by atoms with Crippen molar-refractivity contribution < 1.29 is 30.4 Å². The summed E-state index contributed by atoms with van der Waals surface area (Å²) in [6.07, 6.45) is -2.71. The molecule has 0 aliphatic carbocycles. The molecule has 0 aliphatic rings. The van der Waals surface area contributed by atoms with E-state index in [2.05, 4.69) is 0 Å². The Labute approximate surface area is 57.4 Å². The average Bonchev–Trinajstić information content (AvgIpc) is 1.63. The van der Waals surface area contributed by atoms with Crippen molar-refractivity contribution in [2.75, 3.05) is 7.05 Å². The van der Waals surface area contributed by atoms with Crippen LogP contribution < -0.4 is 5.32 Å². The van der Waals surface area contributed by atoms with Crippen molar-refractivity contribution in [2.24, 2.45) is 0 Å². The quantitative estimate of drug-likeness (QED) is 0.150. The van der Waals surface area contributed by atoms with Gasteiger partial charge in [0.25, 0.3) is 0 Å². The molecule has 7 N–H and O–H groups in total. The summed E-state index contributed by atoms with van der Waals surface area (Å²) in [6.45, 7) is 0. The minimum atomic E-state index is -2.71. The molecule has 0 rings (SSSR count). The molecule has 0 atom stereocenters. The van der Waals surface area contributed by atoms with Gasteiger partial charge in [-0.1, -0.05) is 0 Å². The molecule has 0 saturated carbocycles. The van der Waals surface area contributed by atoms with Crippen LogP contribution in [0.4, 0.5) is 0 Å². The maximum atomic E-state index is 7.83. The van der Waals surface area contributed by atoms with Gasteiger partial charge in [-0.2, -0.15) is 0 Å². The van der Waals surface area contributed by atoms with Gasteiger partial charge in [-0.15, -0.1) is 0 Å². The van der Waals surface area contributed by atoms with E-state index in [1.165, 1.54) is 7.05 Å². The van der Waals surface area contributed by atoms with E-state index in [0.717, 1.165) is 0 Å². The second kappa shape index (κ2) is 5.56. The van der Waals surface area contributed by atoms with E-state index in [-0.39, 0.29) is 0 Å². The van der Waals surface area contributed by atoms with Crippen molar-refractivity contribution in [3.63, 3.8) is 0 Å². The Balaban J connectivity index is 0. The van der Waals surface area contributed by atoms with Crippen molar-refractivity contribution >= 4 is 7.32 Å². The number of hydrogen-bond donors (Lipinski definition) is 7. The van der Waals surface area contributed by atoms with Crippen LogP contribution in [0.2, 0.25) is 0 Å². The first-order valence-corrected chi connectivity index (χ1v) is 2.20. The molecule has 8 heteroatoms. The zero-order chi connectivity index (χ0) is 8.78. The summed E-state index contributed by atoms with van der Waals surface area (Å²) >= 11 is 0. The molecule has 7 nitrogen and oxygen atoms in total. The van der Waals surface area contributed by atoms with Crippen molar-refractivity contribution in [3.8, 4) is 0 Å². The van der Waals surface area contributed by atoms with Crippen LogP contribution in [0.1, 0.15) is 0 Å². The molecule has 0 fully saturated rings. The molecular formula is C2H10BNO6. The standard InChI is InChI=1S/C2H7NO3.BH3O3/c1-3-2(4,5)6;2-1(3)4/h3-6H,1H3;2-4H. The Hall–Kier alpha value is -0.215. The largest absolute Gasteiger partial charge is 0.631 e. The first kappa shape index (κ1) is 12.5. The van der Waals surface area contributed by atoms with Gasteiger partial charge >= 0.3 is 13.4 Å². The van der Waals surface area contributed by atoms with E-state index >= 15 is 0 Å². The van der Waals surface area contributed by atoms with Gasteiger partial charge in [0.1, 0.15) is 0 Å². The summed E-state index contributed by atoms with van der Waals surface area (Å²) in [7, 11) is -0.958. The number of rotatable bonds is 1. The molecule has 0 aromatic rings. The highest BCUT2D eigenvalue weighted by Gasteiger charge is 2.11. The molecule has 0 saturated heterocycles. The average molecular weight is 155 g/mol. The molecule has 0 aliphatic heterocycles. The van der Waals surface area contributed by atoms with Crippen LogP contribution in [-0.2, 0) is 0 Å². The van der Waals surface area contributed by atoms with E-state index in [9.17, 15) is 0 Å². The summed E-state index contributed by atoms with van der Waals surface area (Å²) in [5, 5.41) is 46.8. The van der Waals surface area contributed by atoms with Gasteiger partial charge in [0.2, 0.25) is 0 Å². The lowest BCUT2D eigenvalue weighted by atomic mass is 10.3. The molecule has 0 aromatic carbocycles. The van der Waals surface area contributed by atoms with Crippen molar-refractivity contribution in [3.05, 3.63) is 0 Å². The van der Waals surface area contributed by atoms with E-state index in [0.29, 0.717) is 0 Å². The summed E-state index contributed by atoms with van der Waals surface area (Å²) in [5.41, 5.74) is 0. The first-order valence-electron chi connectivity index (χ1n) is 2.20. The lowest BCUT2D eigenvalue weighted by Gasteiger charge is -2.09. The Morgan fingerprint density at radius 1 is 1.10 bits per heavy atom. The van der Waals surface area contributed by atoms with Gasteiger partial charge in [0, 0.05) is 0 Å². The Morgan fingerprint density at radius 2 is 1.20 bits per heavy atom. The SMILES string of the molecule is CNC(O)(O)O.OB(O)O. The van der Waals surface area contributed by atoms with Gasteiger partial charge in [0.15, 0.2) is 0 Å². The minimum Gasteiger partial charge on any atom is -0.402 e. The minimum absolute atomic E-state index is 1.21. The normalized spacial score (nSPS) is 9.90. The molecule has 0 heterocycles. The van der Waals surface area contributed by atoms with E-state index < -0.39 is 13.4 Å². The molecule has 0 spiro atoms. The molecule has 62 valence electrons. The second-order valence-corrected chi connectivity index (χ2v) is 1.23. The third-order valence-electron chi connectivity index (χ3n) is 0.335. The Bertz CT molecular complexity index is 67.9. The third kappa shape index (κ3) is 46.2. The van der Waals surface area contributed by atoms with E-state index in [4.69, 9.17) is 30.4 Å². The summed E-state index contributed by atoms with van der Waals surface area (Å²) in [5.74, 6) is 0. The lowest BCUT2D eigenvalue weighted by Crippen LogP contribution is -2.41. The van der Waals surface area contributed by atoms with E-state index in [1.807, 2.05) is 0 Å². The topological polar surface area (TPSA) is 133 Å². The van der Waals surface area contributed by atoms with Crippen LogP contribution in [0, 0.1) is 0 Å². The maximum absolute atomic E-state index is 7.83. The molecule has 0 unspecified atom stereocenters. The summed E-state index contributed by atoms with van der Waals surface area (Å²) in [4.78, 5) is 0. The fourth-order valence-electron chi connectivity index (χ4n) is 0. The predicted molar refractivity (Wildman–Crippen MR) is 30.9 cm³/mol. The van der Waals surface area contributed by atoms with Crippen LogP contribution in [0.25, 0.3) is 0 Å². The predicted octanol–water partition coefficient (Wildman–Crippen LogP) is -4.26. The maximum Gasteiger partial charge on any atom is 0.631 e. The van der Waals surface area contributed by atoms with E-state index in [1.54, 1.807) is 5.32 Å². The van der Waals surface area contributed by atoms with Crippen LogP contribution in [0.5, 0.6) is 0 Å². The molecule has 0 bridgehead atoms. The van der Waals surface area contributed by atoms with Crippen molar-refractivity contribution in [1.82, 2.24) is 5.32 Å². The zero-order valence-corrected chi connectivity index (χ0v) is 5.26. The monoisotopic (exact) mass is 155 g/mol. The highest BCUT2D eigenvalue weighted by Crippen LogP contribution is 1.77. The lowest BCUT2D eigenvalue weighted by molar-refractivity contribution is -0.328. The number of nitrogens with one attached hydrogen (secondary N) is 1. The highest BCUT2D eigenvalue weighted by molar-refractivity contribution is 6.30. The second-order valence-electron chi connectivity index (χ2n) is 1.23. The van der Waals surface area contributed by atoms with Gasteiger partial charge in [-0.3, -0.25) is 0 Å². The molecule has 10 heavy (non-hydrogen) atoms. The van der Waals surface area contributed by atoms with Crippen LogP contribution >= 0.6 is 0 Å². The highest BCUT2D eigenvalue weighted by atomic mass is 16.7. The zero-order valence-electron chi connectivity index (χ0n) is 5.26. The Morgan fingerprint density at radius 3 is 1.20 bits per heavy atom. The summed E-state index contributed by atoms with van der Waals surface area (Å²) < 4.78 is 0. The van der Waals surface area contributed by atoms with Crippen LogP contribution in [-0.4, -0.2) is 50.9 Å². The van der Waals surface area contributed by atoms with Crippen LogP contribution in [0.3, 0.4) is 0 Å². The van der Waals surface area contributed by atoms with Gasteiger partial charge in [0.05, 0.1) is 0 Å². The summed E-state index contributed by atoms with van der Waals surface area (Å²) in [6, 6.07) is 0. The molecule has 0 amide bonds. The number of aliphatic hydroxyl groups is 3. The fourth-order valence-corrected chi connectivity index (χ4v) is 0. The number of hydrogen-bond acceptors (Lipinski definition) is 7. The van der Waals surface area contributed by atoms with Gasteiger partial charge < -0.3 is 30.4 Å². The third-order valence-corrected chi connectivity index (χ3v) is 0.335. The first-order chi connectivity index (χ1) is 4.29. The Kier molecular flexibility index (Phi) is 6.93. The molecular weight excluding hydrogens is 145 g/mol. The van der Waals surface area contributed by atoms with Crippen molar-refractivity contribution in [1.29, 1.82) is 0 Å². The van der Waals surface area contributed by atoms with Crippen LogP contribution in [0.15, 0.2) is 0 Å². The molecule has 0 radical (unpaired) electrons. The van der Waals surface area contributed by atoms with Gasteiger partial charge in [-0.05, 0) is 7.05 Å².